The first-order chi connectivity index (χ1) is 8.29. The van der Waals surface area contributed by atoms with Crippen molar-refractivity contribution in [1.29, 1.82) is 0 Å². The summed E-state index contributed by atoms with van der Waals surface area (Å²) in [5, 5.41) is 3.40. The molecule has 0 aromatic heterocycles. The molecule has 2 aliphatic heterocycles. The Kier molecular flexibility index (Phi) is 5.22. The molecule has 2 saturated heterocycles. The monoisotopic (exact) mass is 241 g/mol. The van der Waals surface area contributed by atoms with Crippen LogP contribution in [0.25, 0.3) is 0 Å². The van der Waals surface area contributed by atoms with E-state index in [-0.39, 0.29) is 0 Å². The van der Waals surface area contributed by atoms with Gasteiger partial charge in [-0.1, -0.05) is 6.92 Å². The van der Waals surface area contributed by atoms with E-state index in [1.54, 1.807) is 0 Å². The number of rotatable bonds is 4. The predicted molar refractivity (Wildman–Crippen MR) is 70.3 cm³/mol. The van der Waals surface area contributed by atoms with E-state index in [2.05, 4.69) is 22.0 Å². The third-order valence-corrected chi connectivity index (χ3v) is 4.22. The van der Waals surface area contributed by atoms with Crippen LogP contribution in [0.1, 0.15) is 13.3 Å². The number of piperazine rings is 1. The van der Waals surface area contributed by atoms with Crippen molar-refractivity contribution in [2.45, 2.75) is 19.4 Å². The molecule has 0 radical (unpaired) electrons. The van der Waals surface area contributed by atoms with Gasteiger partial charge in [0.05, 0.1) is 6.10 Å². The van der Waals surface area contributed by atoms with E-state index < -0.39 is 0 Å². The normalized spacial score (nSPS) is 32.8. The van der Waals surface area contributed by atoms with Gasteiger partial charge in [0.25, 0.3) is 0 Å². The summed E-state index contributed by atoms with van der Waals surface area (Å²) in [4.78, 5) is 5.13. The van der Waals surface area contributed by atoms with Crippen molar-refractivity contribution in [3.63, 3.8) is 0 Å². The molecular weight excluding hydrogens is 214 g/mol. The minimum absolute atomic E-state index is 0.437. The highest BCUT2D eigenvalue weighted by atomic mass is 16.5. The van der Waals surface area contributed by atoms with Crippen molar-refractivity contribution in [2.75, 3.05) is 59.5 Å². The maximum Gasteiger partial charge on any atom is 0.0724 e. The van der Waals surface area contributed by atoms with Gasteiger partial charge in [0.15, 0.2) is 0 Å². The third kappa shape index (κ3) is 3.91. The van der Waals surface area contributed by atoms with Crippen LogP contribution in [0.15, 0.2) is 0 Å². The molecule has 2 atom stereocenters. The number of piperidine rings is 1. The van der Waals surface area contributed by atoms with Gasteiger partial charge in [0, 0.05) is 52.9 Å². The van der Waals surface area contributed by atoms with Gasteiger partial charge in [-0.15, -0.1) is 0 Å². The fourth-order valence-electron chi connectivity index (χ4n) is 2.83. The van der Waals surface area contributed by atoms with Gasteiger partial charge >= 0.3 is 0 Å². The standard InChI is InChI=1S/C13H27N3O/c1-12-3-6-16(11-13(12)17-2)10-9-15-7-4-14-5-8-15/h12-14H,3-11H2,1-2H3. The molecule has 0 aliphatic carbocycles. The highest BCUT2D eigenvalue weighted by Crippen LogP contribution is 2.19. The van der Waals surface area contributed by atoms with E-state index in [9.17, 15) is 0 Å². The first-order valence-corrected chi connectivity index (χ1v) is 6.98. The molecule has 0 aromatic rings. The second-order valence-corrected chi connectivity index (χ2v) is 5.43. The van der Waals surface area contributed by atoms with Crippen LogP contribution >= 0.6 is 0 Å². The molecule has 17 heavy (non-hydrogen) atoms. The van der Waals surface area contributed by atoms with Gasteiger partial charge in [-0.25, -0.2) is 0 Å². The van der Waals surface area contributed by atoms with Gasteiger partial charge in [-0.3, -0.25) is 9.80 Å². The van der Waals surface area contributed by atoms with Gasteiger partial charge in [-0.2, -0.15) is 0 Å². The minimum atomic E-state index is 0.437. The van der Waals surface area contributed by atoms with Crippen molar-refractivity contribution in [1.82, 2.24) is 15.1 Å². The Morgan fingerprint density at radius 3 is 2.53 bits per heavy atom. The zero-order valence-electron chi connectivity index (χ0n) is 11.3. The van der Waals surface area contributed by atoms with Crippen LogP contribution in [0.5, 0.6) is 0 Å². The van der Waals surface area contributed by atoms with Gasteiger partial charge in [0.2, 0.25) is 0 Å². The van der Waals surface area contributed by atoms with E-state index in [1.165, 1.54) is 39.1 Å². The molecule has 4 heteroatoms. The Balaban J connectivity index is 1.68. The first-order valence-electron chi connectivity index (χ1n) is 6.98. The molecule has 0 aromatic carbocycles. The Labute approximate surface area is 105 Å². The molecule has 2 heterocycles. The molecule has 4 nitrogen and oxygen atoms in total. The number of ether oxygens (including phenoxy) is 1. The van der Waals surface area contributed by atoms with Crippen LogP contribution in [-0.4, -0.2) is 75.4 Å². The van der Waals surface area contributed by atoms with Gasteiger partial charge in [0.1, 0.15) is 0 Å². The number of methoxy groups -OCH3 is 1. The largest absolute Gasteiger partial charge is 0.380 e. The fourth-order valence-corrected chi connectivity index (χ4v) is 2.83. The maximum absolute atomic E-state index is 5.56. The van der Waals surface area contributed by atoms with Crippen molar-refractivity contribution in [3.05, 3.63) is 0 Å². The lowest BCUT2D eigenvalue weighted by Crippen LogP contribution is -2.49. The minimum Gasteiger partial charge on any atom is -0.380 e. The second kappa shape index (κ2) is 6.69. The lowest BCUT2D eigenvalue weighted by Gasteiger charge is -2.37. The summed E-state index contributed by atoms with van der Waals surface area (Å²) in [6.07, 6.45) is 1.71. The molecular formula is C13H27N3O. The van der Waals surface area contributed by atoms with E-state index in [0.29, 0.717) is 6.10 Å². The molecule has 1 N–H and O–H groups in total. The zero-order valence-corrected chi connectivity index (χ0v) is 11.3. The molecule has 100 valence electrons. The highest BCUT2D eigenvalue weighted by Gasteiger charge is 2.25. The highest BCUT2D eigenvalue weighted by molar-refractivity contribution is 4.79. The van der Waals surface area contributed by atoms with Crippen LogP contribution in [0.2, 0.25) is 0 Å². The summed E-state index contributed by atoms with van der Waals surface area (Å²) in [5.74, 6) is 0.718. The van der Waals surface area contributed by atoms with E-state index in [4.69, 9.17) is 4.74 Å². The van der Waals surface area contributed by atoms with Crippen LogP contribution in [0.4, 0.5) is 0 Å². The van der Waals surface area contributed by atoms with Crippen molar-refractivity contribution in [3.8, 4) is 0 Å². The van der Waals surface area contributed by atoms with Crippen LogP contribution in [0.3, 0.4) is 0 Å². The molecule has 0 spiro atoms. The Hall–Kier alpha value is -0.160. The van der Waals surface area contributed by atoms with Crippen LogP contribution in [-0.2, 0) is 4.74 Å². The maximum atomic E-state index is 5.56. The second-order valence-electron chi connectivity index (χ2n) is 5.43. The summed E-state index contributed by atoms with van der Waals surface area (Å²) in [5.41, 5.74) is 0. The van der Waals surface area contributed by atoms with Crippen LogP contribution < -0.4 is 5.32 Å². The van der Waals surface area contributed by atoms with E-state index >= 15 is 0 Å². The van der Waals surface area contributed by atoms with Crippen molar-refractivity contribution in [2.24, 2.45) is 5.92 Å². The molecule has 0 bridgehead atoms. The number of nitrogens with one attached hydrogen (secondary N) is 1. The smallest absolute Gasteiger partial charge is 0.0724 e. The van der Waals surface area contributed by atoms with Gasteiger partial charge in [-0.05, 0) is 18.9 Å². The summed E-state index contributed by atoms with van der Waals surface area (Å²) in [6.45, 7) is 11.8. The molecule has 2 unspecified atom stereocenters. The van der Waals surface area contributed by atoms with Gasteiger partial charge < -0.3 is 10.1 Å². The Morgan fingerprint density at radius 2 is 1.82 bits per heavy atom. The average Bonchev–Trinajstić information content (AvgIpc) is 2.39. The number of likely N-dealkylation sites (tertiary alicyclic amines) is 1. The first kappa shape index (κ1) is 13.3. The Bertz CT molecular complexity index is 219. The summed E-state index contributed by atoms with van der Waals surface area (Å²) >= 11 is 0. The summed E-state index contributed by atoms with van der Waals surface area (Å²) in [7, 11) is 1.85. The molecule has 2 fully saturated rings. The lowest BCUT2D eigenvalue weighted by molar-refractivity contribution is -0.00740. The number of hydrogen-bond acceptors (Lipinski definition) is 4. The van der Waals surface area contributed by atoms with Crippen LogP contribution in [0, 0.1) is 5.92 Å². The SMILES string of the molecule is COC1CN(CCN2CCNCC2)CCC1C. The summed E-state index contributed by atoms with van der Waals surface area (Å²) in [6, 6.07) is 0. The third-order valence-electron chi connectivity index (χ3n) is 4.22. The predicted octanol–water partition coefficient (Wildman–Crippen LogP) is 0.248. The van der Waals surface area contributed by atoms with Crippen molar-refractivity contribution < 1.29 is 4.74 Å². The number of nitrogens with zero attached hydrogens (tertiary/aromatic N) is 2. The van der Waals surface area contributed by atoms with E-state index in [0.717, 1.165) is 25.6 Å². The molecule has 0 saturated carbocycles. The fraction of sp³-hybridized carbons (Fsp3) is 1.00. The molecule has 2 rings (SSSR count). The average molecular weight is 241 g/mol. The topological polar surface area (TPSA) is 27.7 Å². The Morgan fingerprint density at radius 1 is 1.12 bits per heavy atom. The zero-order chi connectivity index (χ0) is 12.1. The number of hydrogen-bond donors (Lipinski definition) is 1. The molecule has 0 amide bonds. The molecule has 2 aliphatic rings. The summed E-state index contributed by atoms with van der Waals surface area (Å²) < 4.78 is 5.56. The quantitative estimate of drug-likeness (QED) is 0.763. The van der Waals surface area contributed by atoms with Crippen molar-refractivity contribution >= 4 is 0 Å². The van der Waals surface area contributed by atoms with E-state index in [1.807, 2.05) is 7.11 Å². The lowest BCUT2D eigenvalue weighted by atomic mass is 9.96.